The van der Waals surface area contributed by atoms with Crippen LogP contribution >= 0.6 is 0 Å². The van der Waals surface area contributed by atoms with Crippen molar-refractivity contribution < 1.29 is 68.0 Å². The molecule has 126 valence electrons. The fourth-order valence-corrected chi connectivity index (χ4v) is 7.69. The average molecular weight is 391 g/mol. The van der Waals surface area contributed by atoms with E-state index in [9.17, 15) is 5.11 Å². The summed E-state index contributed by atoms with van der Waals surface area (Å²) in [5.41, 5.74) is 0.565. The van der Waals surface area contributed by atoms with Gasteiger partial charge in [0.15, 0.2) is 0 Å². The summed E-state index contributed by atoms with van der Waals surface area (Å²) in [5.74, 6) is 3.13. The molecular weight excluding hydrogens is 358 g/mol. The molecule has 0 aromatic carbocycles. The van der Waals surface area contributed by atoms with Gasteiger partial charge in [0.25, 0.3) is 0 Å². The van der Waals surface area contributed by atoms with Crippen molar-refractivity contribution in [3.8, 4) is 0 Å². The molecule has 0 aromatic heterocycles. The minimum atomic E-state index is 0. The molecule has 0 amide bonds. The Morgan fingerprint density at radius 1 is 0.957 bits per heavy atom. The minimum absolute atomic E-state index is 0. The second kappa shape index (κ2) is 7.39. The first-order valence-corrected chi connectivity index (χ1v) is 9.76. The molecule has 0 heterocycles. The number of ether oxygens (including phenoxy) is 1. The Morgan fingerprint density at radius 3 is 2.52 bits per heavy atom. The fraction of sp³-hybridized carbons (Fsp3) is 1.00. The molecule has 4 aliphatic rings. The van der Waals surface area contributed by atoms with E-state index in [2.05, 4.69) is 6.92 Å². The maximum absolute atomic E-state index is 12.4. The number of rotatable bonds is 2. The molecule has 4 rings (SSSR count). The van der Waals surface area contributed by atoms with Gasteiger partial charge in [-0.3, -0.25) is 0 Å². The van der Waals surface area contributed by atoms with Crippen LogP contribution < -0.4 is 63.3 Å². The van der Waals surface area contributed by atoms with Crippen molar-refractivity contribution in [2.24, 2.45) is 34.5 Å². The first-order chi connectivity index (χ1) is 10.7. The van der Waals surface area contributed by atoms with E-state index < -0.39 is 0 Å². The molecule has 4 fully saturated rings. The molecule has 0 N–H and O–H groups in total. The molecule has 7 unspecified atom stereocenters. The number of methoxy groups -OCH3 is 1. The molecule has 0 aromatic rings. The van der Waals surface area contributed by atoms with E-state index in [-0.39, 0.29) is 70.2 Å². The number of fused-ring (bicyclic) bond motifs is 5. The Bertz CT molecular complexity index is 428. The topological polar surface area (TPSA) is 32.3 Å². The van der Waals surface area contributed by atoms with E-state index in [0.29, 0.717) is 11.5 Å². The fourth-order valence-electron chi connectivity index (χ4n) is 7.69. The quantitative estimate of drug-likeness (QED) is 0.698. The van der Waals surface area contributed by atoms with Gasteiger partial charge in [0.2, 0.25) is 0 Å². The molecule has 3 heteroatoms. The Kier molecular flexibility index (Phi) is 6.26. The standard InChI is InChI=1S/C20H33O2.Rb/c1-19-12-10-17-15(16(19)8-9-18(19)22-2)7-6-14-5-3-4-11-20(14,17)13-21;/h14-18H,3-13H2,1-2H3;/q-1;+1. The van der Waals surface area contributed by atoms with Crippen molar-refractivity contribution in [3.05, 3.63) is 0 Å². The van der Waals surface area contributed by atoms with Gasteiger partial charge < -0.3 is 9.84 Å². The van der Waals surface area contributed by atoms with Crippen molar-refractivity contribution in [2.45, 2.75) is 77.2 Å². The smallest absolute Gasteiger partial charge is 0.854 e. The van der Waals surface area contributed by atoms with E-state index in [0.717, 1.165) is 23.7 Å². The zero-order valence-corrected chi connectivity index (χ0v) is 20.4. The third-order valence-electron chi connectivity index (χ3n) is 8.75. The second-order valence-corrected chi connectivity index (χ2v) is 9.12. The Labute approximate surface area is 191 Å². The van der Waals surface area contributed by atoms with Crippen molar-refractivity contribution in [1.29, 1.82) is 0 Å². The zero-order chi connectivity index (χ0) is 15.4. The summed E-state index contributed by atoms with van der Waals surface area (Å²) in [6.45, 7) is 2.70. The molecule has 0 aliphatic heterocycles. The van der Waals surface area contributed by atoms with Crippen LogP contribution in [-0.2, 0) is 4.74 Å². The predicted octanol–water partition coefficient (Wildman–Crippen LogP) is 0.779. The van der Waals surface area contributed by atoms with Crippen LogP contribution in [0.4, 0.5) is 0 Å². The van der Waals surface area contributed by atoms with E-state index >= 15 is 0 Å². The van der Waals surface area contributed by atoms with Crippen LogP contribution in [0, 0.1) is 34.5 Å². The zero-order valence-electron chi connectivity index (χ0n) is 15.5. The maximum Gasteiger partial charge on any atom is 1.00 e. The first-order valence-electron chi connectivity index (χ1n) is 9.76. The Hall–Kier alpha value is 1.73. The molecule has 0 saturated heterocycles. The van der Waals surface area contributed by atoms with E-state index in [1.807, 2.05) is 7.11 Å². The summed E-state index contributed by atoms with van der Waals surface area (Å²) in [6.07, 6.45) is 13.6. The molecule has 4 aliphatic carbocycles. The van der Waals surface area contributed by atoms with Crippen molar-refractivity contribution in [2.75, 3.05) is 13.7 Å². The molecule has 0 radical (unpaired) electrons. The van der Waals surface area contributed by atoms with Gasteiger partial charge in [-0.1, -0.05) is 19.8 Å². The summed E-state index contributed by atoms with van der Waals surface area (Å²) < 4.78 is 5.86. The van der Waals surface area contributed by atoms with Crippen LogP contribution in [0.1, 0.15) is 71.1 Å². The molecule has 0 spiro atoms. The number of hydrogen-bond donors (Lipinski definition) is 0. The van der Waals surface area contributed by atoms with Gasteiger partial charge in [0.05, 0.1) is 6.10 Å². The molecule has 2 nitrogen and oxygen atoms in total. The van der Waals surface area contributed by atoms with Gasteiger partial charge >= 0.3 is 58.2 Å². The second-order valence-electron chi connectivity index (χ2n) is 9.12. The van der Waals surface area contributed by atoms with E-state index in [1.54, 1.807) is 0 Å². The van der Waals surface area contributed by atoms with Crippen LogP contribution in [-0.4, -0.2) is 19.8 Å². The summed E-state index contributed by atoms with van der Waals surface area (Å²) in [7, 11) is 1.90. The van der Waals surface area contributed by atoms with Gasteiger partial charge in [-0.05, 0) is 85.9 Å². The maximum atomic E-state index is 12.4. The van der Waals surface area contributed by atoms with Crippen LogP contribution in [0.5, 0.6) is 0 Å². The summed E-state index contributed by atoms with van der Waals surface area (Å²) in [5, 5.41) is 12.4. The summed E-state index contributed by atoms with van der Waals surface area (Å²) in [4.78, 5) is 0. The molecular formula is C20H33O2Rb. The molecule has 4 saturated carbocycles. The number of hydrogen-bond acceptors (Lipinski definition) is 2. The van der Waals surface area contributed by atoms with Crippen molar-refractivity contribution in [1.82, 2.24) is 0 Å². The third kappa shape index (κ3) is 2.85. The molecule has 7 atom stereocenters. The molecule has 0 bridgehead atoms. The Morgan fingerprint density at radius 2 is 1.78 bits per heavy atom. The van der Waals surface area contributed by atoms with Crippen LogP contribution in [0.15, 0.2) is 0 Å². The van der Waals surface area contributed by atoms with Crippen molar-refractivity contribution in [3.63, 3.8) is 0 Å². The van der Waals surface area contributed by atoms with Gasteiger partial charge in [0.1, 0.15) is 0 Å². The average Bonchev–Trinajstić information content (AvgIpc) is 2.90. The van der Waals surface area contributed by atoms with Gasteiger partial charge in [-0.25, -0.2) is 0 Å². The van der Waals surface area contributed by atoms with Crippen molar-refractivity contribution >= 4 is 0 Å². The SMILES string of the molecule is COC1CCC2C3CCC4CCCCC4(C[O-])C3CCC12C.[Rb+]. The van der Waals surface area contributed by atoms with E-state index in [4.69, 9.17) is 4.74 Å². The van der Waals surface area contributed by atoms with Gasteiger partial charge in [-0.15, -0.1) is 6.61 Å². The normalized spacial score (nSPS) is 52.0. The van der Waals surface area contributed by atoms with Crippen LogP contribution in [0.3, 0.4) is 0 Å². The summed E-state index contributed by atoms with van der Waals surface area (Å²) in [6, 6.07) is 0. The minimum Gasteiger partial charge on any atom is -0.854 e. The van der Waals surface area contributed by atoms with Crippen LogP contribution in [0.25, 0.3) is 0 Å². The summed E-state index contributed by atoms with van der Waals surface area (Å²) >= 11 is 0. The monoisotopic (exact) mass is 390 g/mol. The Balaban J connectivity index is 0.00000156. The van der Waals surface area contributed by atoms with Gasteiger partial charge in [0, 0.05) is 7.11 Å². The van der Waals surface area contributed by atoms with Gasteiger partial charge in [-0.2, -0.15) is 0 Å². The third-order valence-corrected chi connectivity index (χ3v) is 8.75. The van der Waals surface area contributed by atoms with E-state index in [1.165, 1.54) is 64.2 Å². The predicted molar refractivity (Wildman–Crippen MR) is 86.3 cm³/mol. The largest absolute Gasteiger partial charge is 1.00 e. The first kappa shape index (κ1) is 19.5. The van der Waals surface area contributed by atoms with Crippen LogP contribution in [0.2, 0.25) is 0 Å². The molecule has 23 heavy (non-hydrogen) atoms.